The lowest BCUT2D eigenvalue weighted by Crippen LogP contribution is -2.49. The number of carbonyl (C=O) groups is 4. The average molecular weight is 257 g/mol. The van der Waals surface area contributed by atoms with E-state index in [2.05, 4.69) is 5.32 Å². The summed E-state index contributed by atoms with van der Waals surface area (Å²) in [7, 11) is 1.32. The molecule has 4 amide bonds. The topological polar surface area (TPSA) is 107 Å². The highest BCUT2D eigenvalue weighted by molar-refractivity contribution is 6.07. The molecule has 1 fully saturated rings. The molecule has 2 N–H and O–H groups in total. The molecular weight excluding hydrogens is 242 g/mol. The normalized spacial score (nSPS) is 17.6. The molecule has 0 aromatic rings. The van der Waals surface area contributed by atoms with E-state index in [1.54, 1.807) is 0 Å². The van der Waals surface area contributed by atoms with Crippen LogP contribution in [-0.4, -0.2) is 64.4 Å². The maximum absolute atomic E-state index is 11.7. The lowest BCUT2D eigenvalue weighted by Gasteiger charge is -2.28. The van der Waals surface area contributed by atoms with E-state index in [0.29, 0.717) is 0 Å². The number of hydrogen-bond acceptors (Lipinski definition) is 4. The third-order valence-electron chi connectivity index (χ3n) is 2.79. The highest BCUT2D eigenvalue weighted by Gasteiger charge is 2.46. The molecule has 1 heterocycles. The van der Waals surface area contributed by atoms with Crippen molar-refractivity contribution in [2.45, 2.75) is 19.4 Å². The molecule has 8 nitrogen and oxygen atoms in total. The van der Waals surface area contributed by atoms with Crippen LogP contribution in [0.3, 0.4) is 0 Å². The van der Waals surface area contributed by atoms with Gasteiger partial charge in [-0.05, 0) is 13.8 Å². The molecule has 1 saturated heterocycles. The number of aliphatic carboxylic acids is 1. The fraction of sp³-hybridized carbons (Fsp3) is 0.600. The second-order valence-electron chi connectivity index (χ2n) is 4.55. The Hall–Kier alpha value is -2.12. The number of nitrogens with zero attached hydrogens (tertiary/aromatic N) is 2. The van der Waals surface area contributed by atoms with Crippen molar-refractivity contribution in [1.29, 1.82) is 0 Å². The van der Waals surface area contributed by atoms with E-state index < -0.39 is 35.9 Å². The molecule has 0 bridgehead atoms. The summed E-state index contributed by atoms with van der Waals surface area (Å²) in [5.41, 5.74) is -1.11. The summed E-state index contributed by atoms with van der Waals surface area (Å²) in [5, 5.41) is 10.7. The Labute approximate surface area is 104 Å². The number of rotatable bonds is 4. The third-order valence-corrected chi connectivity index (χ3v) is 2.79. The summed E-state index contributed by atoms with van der Waals surface area (Å²) < 4.78 is 0. The molecule has 0 atom stereocenters. The van der Waals surface area contributed by atoms with Crippen molar-refractivity contribution >= 4 is 23.8 Å². The predicted molar refractivity (Wildman–Crippen MR) is 59.6 cm³/mol. The molecule has 1 rings (SSSR count). The van der Waals surface area contributed by atoms with Crippen LogP contribution in [0.4, 0.5) is 4.79 Å². The van der Waals surface area contributed by atoms with Crippen LogP contribution in [0.15, 0.2) is 0 Å². The number of nitrogens with one attached hydrogen (secondary N) is 1. The zero-order chi connectivity index (χ0) is 14.1. The molecule has 1 aliphatic rings. The first-order valence-electron chi connectivity index (χ1n) is 5.25. The second-order valence-corrected chi connectivity index (χ2v) is 4.55. The summed E-state index contributed by atoms with van der Waals surface area (Å²) in [5.74, 6) is -2.18. The second kappa shape index (κ2) is 4.63. The number of urea groups is 1. The van der Waals surface area contributed by atoms with Crippen molar-refractivity contribution in [3.05, 3.63) is 0 Å². The van der Waals surface area contributed by atoms with Crippen molar-refractivity contribution in [2.75, 3.05) is 20.1 Å². The summed E-state index contributed by atoms with van der Waals surface area (Å²) in [6.45, 7) is 2.23. The summed E-state index contributed by atoms with van der Waals surface area (Å²) >= 11 is 0. The Kier molecular flexibility index (Phi) is 3.59. The molecule has 0 spiro atoms. The number of carbonyl (C=O) groups excluding carboxylic acids is 3. The van der Waals surface area contributed by atoms with Crippen LogP contribution in [0, 0.1) is 0 Å². The first kappa shape index (κ1) is 13.9. The maximum atomic E-state index is 11.7. The van der Waals surface area contributed by atoms with Crippen molar-refractivity contribution in [1.82, 2.24) is 15.1 Å². The van der Waals surface area contributed by atoms with Gasteiger partial charge in [0.15, 0.2) is 0 Å². The number of carboxylic acids is 1. The van der Waals surface area contributed by atoms with Crippen LogP contribution in [-0.2, 0) is 14.4 Å². The van der Waals surface area contributed by atoms with Crippen LogP contribution in [0.2, 0.25) is 0 Å². The Bertz CT molecular complexity index is 418. The lowest BCUT2D eigenvalue weighted by molar-refractivity contribution is -0.144. The fourth-order valence-electron chi connectivity index (χ4n) is 1.51. The minimum atomic E-state index is -1.15. The monoisotopic (exact) mass is 257 g/mol. The van der Waals surface area contributed by atoms with Gasteiger partial charge >= 0.3 is 12.0 Å². The summed E-state index contributed by atoms with van der Waals surface area (Å²) in [6, 6.07) is -0.651. The molecular formula is C10H15N3O5. The van der Waals surface area contributed by atoms with Crippen LogP contribution < -0.4 is 5.32 Å². The predicted octanol–water partition coefficient (Wildman–Crippen LogP) is -1.14. The van der Waals surface area contributed by atoms with Crippen LogP contribution in [0.1, 0.15) is 13.8 Å². The molecule has 18 heavy (non-hydrogen) atoms. The minimum Gasteiger partial charge on any atom is -0.480 e. The smallest absolute Gasteiger partial charge is 0.325 e. The van der Waals surface area contributed by atoms with Gasteiger partial charge in [-0.3, -0.25) is 19.7 Å². The van der Waals surface area contributed by atoms with Crippen molar-refractivity contribution < 1.29 is 24.3 Å². The molecule has 0 saturated carbocycles. The van der Waals surface area contributed by atoms with E-state index in [1.165, 1.54) is 20.9 Å². The third kappa shape index (κ3) is 2.58. The van der Waals surface area contributed by atoms with Gasteiger partial charge in [0.25, 0.3) is 5.91 Å². The van der Waals surface area contributed by atoms with Gasteiger partial charge in [-0.25, -0.2) is 4.79 Å². The average Bonchev–Trinajstić information content (AvgIpc) is 2.40. The summed E-state index contributed by atoms with van der Waals surface area (Å²) in [6.07, 6.45) is 0. The van der Waals surface area contributed by atoms with E-state index in [1.807, 2.05) is 0 Å². The Morgan fingerprint density at radius 1 is 1.39 bits per heavy atom. The van der Waals surface area contributed by atoms with E-state index in [0.717, 1.165) is 9.80 Å². The number of amides is 4. The fourth-order valence-corrected chi connectivity index (χ4v) is 1.51. The lowest BCUT2D eigenvalue weighted by atomic mass is 10.0. The van der Waals surface area contributed by atoms with Gasteiger partial charge in [-0.1, -0.05) is 0 Å². The SMILES string of the molecule is CN(CC(=O)O)C(=O)CN1C(=O)NC(=O)C1(C)C. The Balaban J connectivity index is 2.73. The van der Waals surface area contributed by atoms with Crippen molar-refractivity contribution in [3.63, 3.8) is 0 Å². The van der Waals surface area contributed by atoms with E-state index in [4.69, 9.17) is 5.11 Å². The first-order chi connectivity index (χ1) is 8.16. The van der Waals surface area contributed by atoms with Gasteiger partial charge in [0.1, 0.15) is 18.6 Å². The number of carboxylic acid groups (broad SMARTS) is 1. The van der Waals surface area contributed by atoms with E-state index in [9.17, 15) is 19.2 Å². The molecule has 0 aromatic carbocycles. The van der Waals surface area contributed by atoms with Gasteiger partial charge in [-0.2, -0.15) is 0 Å². The molecule has 0 unspecified atom stereocenters. The molecule has 1 aliphatic heterocycles. The number of imide groups is 1. The molecule has 0 aliphatic carbocycles. The van der Waals surface area contributed by atoms with E-state index >= 15 is 0 Å². The van der Waals surface area contributed by atoms with Crippen LogP contribution in [0.5, 0.6) is 0 Å². The Morgan fingerprint density at radius 3 is 2.33 bits per heavy atom. The highest BCUT2D eigenvalue weighted by atomic mass is 16.4. The van der Waals surface area contributed by atoms with Gasteiger partial charge in [0, 0.05) is 7.05 Å². The number of hydrogen-bond donors (Lipinski definition) is 2. The quantitative estimate of drug-likeness (QED) is 0.619. The van der Waals surface area contributed by atoms with Gasteiger partial charge in [0.05, 0.1) is 0 Å². The largest absolute Gasteiger partial charge is 0.480 e. The molecule has 8 heteroatoms. The maximum Gasteiger partial charge on any atom is 0.325 e. The minimum absolute atomic E-state index is 0.339. The molecule has 0 aromatic heterocycles. The first-order valence-corrected chi connectivity index (χ1v) is 5.25. The van der Waals surface area contributed by atoms with Gasteiger partial charge in [-0.15, -0.1) is 0 Å². The standard InChI is InChI=1S/C10H15N3O5/c1-10(2)8(17)11-9(18)13(10)4-6(14)12(3)5-7(15)16/h4-5H2,1-3H3,(H,15,16)(H,11,17,18). The molecule has 100 valence electrons. The number of likely N-dealkylation sites (N-methyl/N-ethyl adjacent to an activating group) is 1. The Morgan fingerprint density at radius 2 is 1.94 bits per heavy atom. The van der Waals surface area contributed by atoms with E-state index in [-0.39, 0.29) is 6.54 Å². The zero-order valence-electron chi connectivity index (χ0n) is 10.4. The van der Waals surface area contributed by atoms with Crippen molar-refractivity contribution in [3.8, 4) is 0 Å². The van der Waals surface area contributed by atoms with Crippen LogP contribution in [0.25, 0.3) is 0 Å². The van der Waals surface area contributed by atoms with Gasteiger partial charge < -0.3 is 14.9 Å². The summed E-state index contributed by atoms with van der Waals surface area (Å²) in [4.78, 5) is 47.2. The molecule has 0 radical (unpaired) electrons. The van der Waals surface area contributed by atoms with Crippen LogP contribution >= 0.6 is 0 Å². The van der Waals surface area contributed by atoms with Crippen molar-refractivity contribution in [2.24, 2.45) is 0 Å². The highest BCUT2D eigenvalue weighted by Crippen LogP contribution is 2.20. The van der Waals surface area contributed by atoms with Gasteiger partial charge in [0.2, 0.25) is 5.91 Å². The zero-order valence-corrected chi connectivity index (χ0v) is 10.4.